The number of hydrogen-bond donors (Lipinski definition) is 1. The molecular weight excluding hydrogens is 705 g/mol. The van der Waals surface area contributed by atoms with Crippen LogP contribution in [0.5, 0.6) is 0 Å². The number of carbonyl (C=O) groups excluding carboxylic acids is 2. The molecule has 0 aromatic heterocycles. The molecule has 0 aromatic carbocycles. The van der Waals surface area contributed by atoms with E-state index in [1.807, 2.05) is 13.8 Å². The summed E-state index contributed by atoms with van der Waals surface area (Å²) in [6.45, 7) is 15.5. The number of hydrogen-bond acceptors (Lipinski definition) is 5. The molecular formula is C52H98O5. The predicted molar refractivity (Wildman–Crippen MR) is 247 cm³/mol. The van der Waals surface area contributed by atoms with Crippen LogP contribution in [0.1, 0.15) is 267 Å². The standard InChI is InChI=1S/C52H98O5/c1-8-11-14-17-18-27-32-39-46-56-49(53)44-37-30-25-21-20-24-29-36-43-48(42-34-16-13-10-3)52(6,7)57-50(54)45-38-31-26-22-19-23-28-35-41-47(51(4,5)55)40-33-15-12-9-2/h28-29,35-36,47-48,55H,8-27,30-34,37-46H2,1-7H3/b35-28-,36-29-. The Kier molecular flexibility index (Phi) is 37.5. The first-order chi connectivity index (χ1) is 27.5. The fraction of sp³-hybridized carbons (Fsp3) is 0.885. The maximum atomic E-state index is 13.0. The van der Waals surface area contributed by atoms with Gasteiger partial charge in [0.15, 0.2) is 0 Å². The Labute approximate surface area is 355 Å². The predicted octanol–water partition coefficient (Wildman–Crippen LogP) is 16.3. The molecule has 5 nitrogen and oxygen atoms in total. The lowest BCUT2D eigenvalue weighted by Gasteiger charge is -2.34. The van der Waals surface area contributed by atoms with E-state index in [9.17, 15) is 14.7 Å². The lowest BCUT2D eigenvalue weighted by molar-refractivity contribution is -0.162. The van der Waals surface area contributed by atoms with Gasteiger partial charge in [-0.3, -0.25) is 9.59 Å². The summed E-state index contributed by atoms with van der Waals surface area (Å²) in [5.74, 6) is 0.599. The third-order valence-electron chi connectivity index (χ3n) is 12.1. The van der Waals surface area contributed by atoms with Gasteiger partial charge in [-0.05, 0) is 104 Å². The fourth-order valence-corrected chi connectivity index (χ4v) is 7.95. The van der Waals surface area contributed by atoms with Crippen molar-refractivity contribution in [3.05, 3.63) is 24.3 Å². The summed E-state index contributed by atoms with van der Waals surface area (Å²) in [6.07, 6.45) is 47.8. The van der Waals surface area contributed by atoms with Crippen LogP contribution >= 0.6 is 0 Å². The molecule has 0 fully saturated rings. The third-order valence-corrected chi connectivity index (χ3v) is 12.1. The van der Waals surface area contributed by atoms with Gasteiger partial charge in [0, 0.05) is 18.8 Å². The second-order valence-electron chi connectivity index (χ2n) is 18.5. The molecule has 0 aliphatic carbocycles. The summed E-state index contributed by atoms with van der Waals surface area (Å²) < 4.78 is 11.6. The zero-order valence-electron chi connectivity index (χ0n) is 39.3. The van der Waals surface area contributed by atoms with Crippen LogP contribution in [0.3, 0.4) is 0 Å². The molecule has 1 N–H and O–H groups in total. The molecule has 336 valence electrons. The second kappa shape index (κ2) is 38.6. The van der Waals surface area contributed by atoms with Crippen molar-refractivity contribution in [1.29, 1.82) is 0 Å². The van der Waals surface area contributed by atoms with Crippen LogP contribution in [0.15, 0.2) is 24.3 Å². The Bertz CT molecular complexity index is 960. The first-order valence-corrected chi connectivity index (χ1v) is 24.9. The van der Waals surface area contributed by atoms with Crippen molar-refractivity contribution in [2.24, 2.45) is 11.8 Å². The smallest absolute Gasteiger partial charge is 0.306 e. The Hall–Kier alpha value is -1.62. The first-order valence-electron chi connectivity index (χ1n) is 24.9. The van der Waals surface area contributed by atoms with Gasteiger partial charge in [-0.25, -0.2) is 0 Å². The lowest BCUT2D eigenvalue weighted by Crippen LogP contribution is -2.36. The van der Waals surface area contributed by atoms with Crippen LogP contribution < -0.4 is 0 Å². The number of esters is 2. The van der Waals surface area contributed by atoms with Crippen LogP contribution in [-0.4, -0.2) is 34.9 Å². The summed E-state index contributed by atoms with van der Waals surface area (Å²) >= 11 is 0. The lowest BCUT2D eigenvalue weighted by atomic mass is 9.83. The van der Waals surface area contributed by atoms with Crippen LogP contribution in [-0.2, 0) is 19.1 Å². The SMILES string of the molecule is CCCCCCCCCCOC(=O)CCCCCCC/C=C\CC(CCCCCC)C(C)(C)OC(=O)CCCCCCC/C=C\CC(CCCCCC)C(C)(C)O. The minimum atomic E-state index is -0.617. The molecule has 5 heteroatoms. The Morgan fingerprint density at radius 3 is 1.35 bits per heavy atom. The van der Waals surface area contributed by atoms with Crippen LogP contribution in [0, 0.1) is 11.8 Å². The highest BCUT2D eigenvalue weighted by Crippen LogP contribution is 2.31. The summed E-state index contributed by atoms with van der Waals surface area (Å²) in [4.78, 5) is 25.0. The zero-order chi connectivity index (χ0) is 42.3. The molecule has 0 radical (unpaired) electrons. The van der Waals surface area contributed by atoms with Crippen molar-refractivity contribution in [3.63, 3.8) is 0 Å². The van der Waals surface area contributed by atoms with Crippen LogP contribution in [0.2, 0.25) is 0 Å². The van der Waals surface area contributed by atoms with Gasteiger partial charge in [-0.1, -0.05) is 180 Å². The molecule has 0 aliphatic heterocycles. The number of unbranched alkanes of at least 4 members (excludes halogenated alkanes) is 23. The minimum Gasteiger partial charge on any atom is -0.466 e. The highest BCUT2D eigenvalue weighted by atomic mass is 16.6. The van der Waals surface area contributed by atoms with Crippen molar-refractivity contribution < 1.29 is 24.2 Å². The van der Waals surface area contributed by atoms with Gasteiger partial charge in [0.2, 0.25) is 0 Å². The van der Waals surface area contributed by atoms with Crippen molar-refractivity contribution in [2.45, 2.75) is 278 Å². The number of rotatable bonds is 42. The molecule has 0 saturated heterocycles. The normalized spacial score (nSPS) is 13.5. The van der Waals surface area contributed by atoms with Gasteiger partial charge in [0.1, 0.15) is 5.60 Å². The van der Waals surface area contributed by atoms with Crippen molar-refractivity contribution in [1.82, 2.24) is 0 Å². The number of ether oxygens (including phenoxy) is 2. The molecule has 0 heterocycles. The number of aliphatic hydroxyl groups is 1. The Morgan fingerprint density at radius 2 is 0.860 bits per heavy atom. The van der Waals surface area contributed by atoms with Gasteiger partial charge in [0.05, 0.1) is 12.2 Å². The maximum absolute atomic E-state index is 13.0. The average molecular weight is 803 g/mol. The second-order valence-corrected chi connectivity index (χ2v) is 18.5. The van der Waals surface area contributed by atoms with E-state index in [-0.39, 0.29) is 11.9 Å². The van der Waals surface area contributed by atoms with Crippen LogP contribution in [0.4, 0.5) is 0 Å². The summed E-state index contributed by atoms with van der Waals surface area (Å²) in [5, 5.41) is 10.6. The molecule has 2 atom stereocenters. The van der Waals surface area contributed by atoms with Gasteiger partial charge in [-0.2, -0.15) is 0 Å². The highest BCUT2D eigenvalue weighted by Gasteiger charge is 2.32. The molecule has 0 bridgehead atoms. The molecule has 0 spiro atoms. The third kappa shape index (κ3) is 36.0. The van der Waals surface area contributed by atoms with E-state index >= 15 is 0 Å². The largest absolute Gasteiger partial charge is 0.466 e. The van der Waals surface area contributed by atoms with E-state index in [1.54, 1.807) is 0 Å². The van der Waals surface area contributed by atoms with Crippen molar-refractivity contribution >= 4 is 11.9 Å². The van der Waals surface area contributed by atoms with E-state index in [4.69, 9.17) is 9.47 Å². The quantitative estimate of drug-likeness (QED) is 0.0378. The molecule has 0 aliphatic rings. The summed E-state index contributed by atoms with van der Waals surface area (Å²) in [7, 11) is 0. The topological polar surface area (TPSA) is 72.8 Å². The minimum absolute atomic E-state index is 0.0224. The Balaban J connectivity index is 4.26. The average Bonchev–Trinajstić information content (AvgIpc) is 3.16. The molecule has 2 unspecified atom stereocenters. The monoisotopic (exact) mass is 803 g/mol. The number of carbonyl (C=O) groups is 2. The van der Waals surface area contributed by atoms with Crippen LogP contribution in [0.25, 0.3) is 0 Å². The van der Waals surface area contributed by atoms with Gasteiger partial charge in [-0.15, -0.1) is 0 Å². The molecule has 0 rings (SSSR count). The molecule has 0 saturated carbocycles. The van der Waals surface area contributed by atoms with Crippen molar-refractivity contribution in [2.75, 3.05) is 6.61 Å². The van der Waals surface area contributed by atoms with E-state index in [0.29, 0.717) is 31.3 Å². The van der Waals surface area contributed by atoms with E-state index < -0.39 is 11.2 Å². The van der Waals surface area contributed by atoms with E-state index in [1.165, 1.54) is 128 Å². The summed E-state index contributed by atoms with van der Waals surface area (Å²) in [6, 6.07) is 0. The molecule has 0 aromatic rings. The van der Waals surface area contributed by atoms with E-state index in [0.717, 1.165) is 77.0 Å². The van der Waals surface area contributed by atoms with Crippen molar-refractivity contribution in [3.8, 4) is 0 Å². The Morgan fingerprint density at radius 1 is 0.474 bits per heavy atom. The summed E-state index contributed by atoms with van der Waals surface area (Å²) in [5.41, 5.74) is -1.08. The molecule has 57 heavy (non-hydrogen) atoms. The maximum Gasteiger partial charge on any atom is 0.306 e. The zero-order valence-corrected chi connectivity index (χ0v) is 39.3. The first kappa shape index (κ1) is 55.4. The number of allylic oxidation sites excluding steroid dienone is 4. The van der Waals surface area contributed by atoms with Gasteiger partial charge in [0.25, 0.3) is 0 Å². The van der Waals surface area contributed by atoms with Gasteiger partial charge < -0.3 is 14.6 Å². The van der Waals surface area contributed by atoms with Gasteiger partial charge >= 0.3 is 11.9 Å². The fourth-order valence-electron chi connectivity index (χ4n) is 7.95. The molecule has 0 amide bonds. The highest BCUT2D eigenvalue weighted by molar-refractivity contribution is 5.70. The van der Waals surface area contributed by atoms with E-state index in [2.05, 4.69) is 58.9 Å².